The van der Waals surface area contributed by atoms with Crippen LogP contribution in [-0.2, 0) is 10.0 Å². The predicted octanol–water partition coefficient (Wildman–Crippen LogP) is 1.74. The van der Waals surface area contributed by atoms with E-state index in [1.165, 1.54) is 31.5 Å². The van der Waals surface area contributed by atoms with Crippen LogP contribution < -0.4 is 9.62 Å². The van der Waals surface area contributed by atoms with Crippen LogP contribution in [0.25, 0.3) is 5.52 Å². The largest absolute Gasteiger partial charge is 0.368 e. The van der Waals surface area contributed by atoms with Gasteiger partial charge in [-0.05, 0) is 39.3 Å². The molecule has 3 heterocycles. The van der Waals surface area contributed by atoms with Crippen molar-refractivity contribution in [3.63, 3.8) is 0 Å². The van der Waals surface area contributed by atoms with Gasteiger partial charge in [-0.15, -0.1) is 0 Å². The summed E-state index contributed by atoms with van der Waals surface area (Å²) in [6.45, 7) is 5.45. The van der Waals surface area contributed by atoms with Crippen LogP contribution in [0.5, 0.6) is 0 Å². The van der Waals surface area contributed by atoms with Crippen LogP contribution in [-0.4, -0.2) is 47.9 Å². The summed E-state index contributed by atoms with van der Waals surface area (Å²) in [6.07, 6.45) is 2.61. The lowest BCUT2D eigenvalue weighted by molar-refractivity contribution is 0.0982. The van der Waals surface area contributed by atoms with Crippen LogP contribution in [0, 0.1) is 0 Å². The lowest BCUT2D eigenvalue weighted by Gasteiger charge is -2.19. The number of hydrogen-bond acceptors (Lipinski definition) is 5. The van der Waals surface area contributed by atoms with Crippen LogP contribution in [0.2, 0.25) is 0 Å². The number of sulfonamides is 1. The van der Waals surface area contributed by atoms with Gasteiger partial charge in [0.2, 0.25) is 10.0 Å². The molecule has 136 valence electrons. The predicted molar refractivity (Wildman–Crippen MR) is 93.1 cm³/mol. The Morgan fingerprint density at radius 3 is 2.72 bits per heavy atom. The second kappa shape index (κ2) is 5.98. The fourth-order valence-corrected chi connectivity index (χ4v) is 3.28. The molecule has 3 rings (SSSR count). The van der Waals surface area contributed by atoms with Crippen molar-refractivity contribution >= 4 is 27.1 Å². The number of nitrogens with zero attached hydrogens (tertiary/aromatic N) is 3. The molecule has 0 aliphatic carbocycles. The minimum atomic E-state index is -3.82. The number of hydrogen-bond donors (Lipinski definition) is 1. The zero-order valence-electron chi connectivity index (χ0n) is 14.4. The molecule has 1 atom stereocenters. The van der Waals surface area contributed by atoms with E-state index >= 15 is 0 Å². The Kier molecular flexibility index (Phi) is 4.22. The third kappa shape index (κ3) is 3.33. The number of halogens is 1. The first-order chi connectivity index (χ1) is 11.6. The Bertz CT molecular complexity index is 917. The van der Waals surface area contributed by atoms with Crippen LogP contribution in [0.15, 0.2) is 24.5 Å². The van der Waals surface area contributed by atoms with Crippen LogP contribution in [0.4, 0.5) is 10.1 Å². The number of amides is 1. The summed E-state index contributed by atoms with van der Waals surface area (Å²) in [5.41, 5.74) is 1.41. The molecular formula is C16H21FN4O3S. The van der Waals surface area contributed by atoms with E-state index in [2.05, 4.69) is 9.82 Å². The Hall–Kier alpha value is -2.16. The summed E-state index contributed by atoms with van der Waals surface area (Å²) < 4.78 is 40.3. The highest BCUT2D eigenvalue weighted by Crippen LogP contribution is 2.25. The molecule has 0 bridgehead atoms. The van der Waals surface area contributed by atoms with E-state index in [0.717, 1.165) is 5.69 Å². The fraction of sp³-hybridized carbons (Fsp3) is 0.500. The summed E-state index contributed by atoms with van der Waals surface area (Å²) in [4.78, 5) is 14.3. The Morgan fingerprint density at radius 1 is 1.40 bits per heavy atom. The van der Waals surface area contributed by atoms with Crippen molar-refractivity contribution in [2.45, 2.75) is 38.1 Å². The summed E-state index contributed by atoms with van der Waals surface area (Å²) in [7, 11) is -3.82. The SMILES string of the molecule is CC(C)(C)S(=O)(=O)NC(=O)c1cnn2ccc(N3CCC(F)C3)cc12. The molecule has 1 amide bonds. The molecule has 1 N–H and O–H groups in total. The van der Waals surface area contributed by atoms with E-state index in [4.69, 9.17) is 0 Å². The Morgan fingerprint density at radius 2 is 2.12 bits per heavy atom. The van der Waals surface area contributed by atoms with Crippen molar-refractivity contribution < 1.29 is 17.6 Å². The van der Waals surface area contributed by atoms with E-state index in [1.807, 2.05) is 4.90 Å². The first-order valence-corrected chi connectivity index (χ1v) is 9.50. The van der Waals surface area contributed by atoms with Crippen molar-refractivity contribution in [1.82, 2.24) is 14.3 Å². The normalized spacial score (nSPS) is 18.7. The molecule has 2 aromatic rings. The first kappa shape index (κ1) is 17.7. The number of anilines is 1. The van der Waals surface area contributed by atoms with Gasteiger partial charge in [0, 0.05) is 25.0 Å². The monoisotopic (exact) mass is 368 g/mol. The van der Waals surface area contributed by atoms with Gasteiger partial charge < -0.3 is 4.90 Å². The highest BCUT2D eigenvalue weighted by Gasteiger charge is 2.32. The highest BCUT2D eigenvalue weighted by molar-refractivity contribution is 7.91. The zero-order valence-corrected chi connectivity index (χ0v) is 15.2. The number of nitrogens with one attached hydrogen (secondary N) is 1. The van der Waals surface area contributed by atoms with Crippen LogP contribution in [0.1, 0.15) is 37.6 Å². The van der Waals surface area contributed by atoms with Gasteiger partial charge in [-0.3, -0.25) is 4.79 Å². The van der Waals surface area contributed by atoms with Gasteiger partial charge in [-0.1, -0.05) is 0 Å². The Balaban J connectivity index is 1.93. The average molecular weight is 368 g/mol. The van der Waals surface area contributed by atoms with Gasteiger partial charge >= 0.3 is 0 Å². The molecule has 1 fully saturated rings. The van der Waals surface area contributed by atoms with Crippen molar-refractivity contribution in [3.8, 4) is 0 Å². The standard InChI is InChI=1S/C16H21FN4O3S/c1-16(2,3)25(23,24)19-15(22)13-9-18-21-7-5-12(8-14(13)21)20-6-4-11(17)10-20/h5,7-9,11H,4,6,10H2,1-3H3,(H,19,22). The van der Waals surface area contributed by atoms with Gasteiger partial charge in [0.15, 0.2) is 0 Å². The molecule has 0 spiro atoms. The maximum absolute atomic E-state index is 13.4. The highest BCUT2D eigenvalue weighted by atomic mass is 32.2. The number of aromatic nitrogens is 2. The average Bonchev–Trinajstić information content (AvgIpc) is 3.10. The topological polar surface area (TPSA) is 83.8 Å². The molecule has 2 aromatic heterocycles. The van der Waals surface area contributed by atoms with Crippen LogP contribution in [0.3, 0.4) is 0 Å². The van der Waals surface area contributed by atoms with Gasteiger partial charge in [0.05, 0.1) is 22.0 Å². The van der Waals surface area contributed by atoms with E-state index in [0.29, 0.717) is 25.0 Å². The van der Waals surface area contributed by atoms with Crippen molar-refractivity contribution in [1.29, 1.82) is 0 Å². The maximum atomic E-state index is 13.4. The molecule has 1 aliphatic heterocycles. The van der Waals surface area contributed by atoms with Crippen LogP contribution >= 0.6 is 0 Å². The summed E-state index contributed by atoms with van der Waals surface area (Å²) in [5, 5.41) is 4.08. The molecule has 0 radical (unpaired) electrons. The second-order valence-electron chi connectivity index (χ2n) is 7.15. The lowest BCUT2D eigenvalue weighted by Crippen LogP contribution is -2.42. The number of carbonyl (C=O) groups is 1. The summed E-state index contributed by atoms with van der Waals surface area (Å²) in [5.74, 6) is -0.730. The zero-order chi connectivity index (χ0) is 18.4. The van der Waals surface area contributed by atoms with E-state index in [1.54, 1.807) is 18.3 Å². The lowest BCUT2D eigenvalue weighted by atomic mass is 10.2. The molecule has 7 nitrogen and oxygen atoms in total. The molecule has 0 aromatic carbocycles. The minimum absolute atomic E-state index is 0.158. The molecule has 0 saturated carbocycles. The van der Waals surface area contributed by atoms with Crippen molar-refractivity contribution in [3.05, 3.63) is 30.1 Å². The van der Waals surface area contributed by atoms with Crippen molar-refractivity contribution in [2.75, 3.05) is 18.0 Å². The quantitative estimate of drug-likeness (QED) is 0.892. The first-order valence-electron chi connectivity index (χ1n) is 8.01. The number of carbonyl (C=O) groups excluding carboxylic acids is 1. The number of pyridine rings is 1. The van der Waals surface area contributed by atoms with E-state index in [-0.39, 0.29) is 5.56 Å². The Labute approximate surface area is 145 Å². The third-order valence-electron chi connectivity index (χ3n) is 4.28. The number of alkyl halides is 1. The molecule has 1 unspecified atom stereocenters. The second-order valence-corrected chi connectivity index (χ2v) is 9.59. The summed E-state index contributed by atoms with van der Waals surface area (Å²) in [6, 6.07) is 3.52. The summed E-state index contributed by atoms with van der Waals surface area (Å²) >= 11 is 0. The third-order valence-corrected chi connectivity index (χ3v) is 6.35. The van der Waals surface area contributed by atoms with E-state index < -0.39 is 26.8 Å². The number of fused-ring (bicyclic) bond motifs is 1. The van der Waals surface area contributed by atoms with Gasteiger partial charge in [0.1, 0.15) is 6.17 Å². The maximum Gasteiger partial charge on any atom is 0.268 e. The molecule has 25 heavy (non-hydrogen) atoms. The van der Waals surface area contributed by atoms with Gasteiger partial charge in [0.25, 0.3) is 5.91 Å². The van der Waals surface area contributed by atoms with Gasteiger partial charge in [-0.2, -0.15) is 5.10 Å². The number of rotatable bonds is 3. The molecule has 1 aliphatic rings. The van der Waals surface area contributed by atoms with Crippen molar-refractivity contribution in [2.24, 2.45) is 0 Å². The molecule has 9 heteroatoms. The fourth-order valence-electron chi connectivity index (χ4n) is 2.62. The molecular weight excluding hydrogens is 347 g/mol. The van der Waals surface area contributed by atoms with E-state index in [9.17, 15) is 17.6 Å². The smallest absolute Gasteiger partial charge is 0.268 e. The van der Waals surface area contributed by atoms with Gasteiger partial charge in [-0.25, -0.2) is 22.0 Å². The minimum Gasteiger partial charge on any atom is -0.368 e. The molecule has 1 saturated heterocycles.